The summed E-state index contributed by atoms with van der Waals surface area (Å²) in [6, 6.07) is 0.338. The van der Waals surface area contributed by atoms with Crippen LogP contribution in [0.2, 0.25) is 0 Å². The molecule has 1 N–H and O–H groups in total. The second-order valence-electron chi connectivity index (χ2n) is 5.59. The fourth-order valence-electron chi connectivity index (χ4n) is 3.65. The number of hydrogen-bond acceptors (Lipinski definition) is 5. The zero-order valence-corrected chi connectivity index (χ0v) is 11.7. The molecule has 0 bridgehead atoms. The van der Waals surface area contributed by atoms with E-state index >= 15 is 0 Å². The van der Waals surface area contributed by atoms with Crippen molar-refractivity contribution in [2.24, 2.45) is 5.92 Å². The van der Waals surface area contributed by atoms with E-state index in [4.69, 9.17) is 4.74 Å². The molecule has 1 aromatic heterocycles. The second kappa shape index (κ2) is 5.23. The highest BCUT2D eigenvalue weighted by molar-refractivity contribution is 6.99. The Labute approximate surface area is 112 Å². The predicted molar refractivity (Wildman–Crippen MR) is 71.6 cm³/mol. The zero-order valence-electron chi connectivity index (χ0n) is 10.9. The molecule has 1 aromatic rings. The molecule has 2 atom stereocenters. The lowest BCUT2D eigenvalue weighted by atomic mass is 9.80. The van der Waals surface area contributed by atoms with Crippen LogP contribution in [0.1, 0.15) is 50.3 Å². The van der Waals surface area contributed by atoms with Crippen LogP contribution in [0, 0.1) is 5.92 Å². The Kier molecular flexibility index (Phi) is 3.63. The molecule has 1 saturated carbocycles. The summed E-state index contributed by atoms with van der Waals surface area (Å²) in [6.07, 6.45) is 9.36. The van der Waals surface area contributed by atoms with Crippen molar-refractivity contribution in [3.63, 3.8) is 0 Å². The minimum atomic E-state index is 0.182. The molecule has 1 aliphatic carbocycles. The van der Waals surface area contributed by atoms with Gasteiger partial charge in [0.25, 0.3) is 0 Å². The van der Waals surface area contributed by atoms with Crippen molar-refractivity contribution in [1.82, 2.24) is 14.1 Å². The molecule has 2 aliphatic rings. The third-order valence-corrected chi connectivity index (χ3v) is 5.02. The first-order chi connectivity index (χ1) is 8.83. The number of rotatable bonds is 3. The third kappa shape index (κ3) is 2.31. The summed E-state index contributed by atoms with van der Waals surface area (Å²) in [4.78, 5) is 0. The average Bonchev–Trinajstić information content (AvgIpc) is 3.03. The van der Waals surface area contributed by atoms with Gasteiger partial charge in [0.2, 0.25) is 0 Å². The van der Waals surface area contributed by atoms with E-state index in [-0.39, 0.29) is 5.60 Å². The van der Waals surface area contributed by atoms with Crippen molar-refractivity contribution in [3.8, 4) is 0 Å². The summed E-state index contributed by atoms with van der Waals surface area (Å²) < 4.78 is 14.6. The monoisotopic (exact) mass is 267 g/mol. The van der Waals surface area contributed by atoms with Crippen LogP contribution in [0.3, 0.4) is 0 Å². The molecule has 2 heterocycles. The number of nitrogens with one attached hydrogen (secondary N) is 1. The van der Waals surface area contributed by atoms with E-state index in [0.717, 1.165) is 18.7 Å². The maximum absolute atomic E-state index is 6.11. The number of aromatic nitrogens is 2. The Hall–Kier alpha value is -0.520. The highest BCUT2D eigenvalue weighted by Gasteiger charge is 2.42. The van der Waals surface area contributed by atoms with Crippen LogP contribution in [0.5, 0.6) is 0 Å². The van der Waals surface area contributed by atoms with Gasteiger partial charge < -0.3 is 10.1 Å². The molecule has 1 saturated heterocycles. The molecular formula is C13H21N3OS. The molecule has 2 unspecified atom stereocenters. The van der Waals surface area contributed by atoms with Crippen LogP contribution >= 0.6 is 11.7 Å². The van der Waals surface area contributed by atoms with Crippen molar-refractivity contribution in [2.45, 2.75) is 50.2 Å². The molecule has 1 spiro atoms. The summed E-state index contributed by atoms with van der Waals surface area (Å²) in [5.74, 6) is 0.630. The zero-order chi connectivity index (χ0) is 12.4. The Morgan fingerprint density at radius 1 is 1.50 bits per heavy atom. The smallest absolute Gasteiger partial charge is 0.0915 e. The fraction of sp³-hybridized carbons (Fsp3) is 0.846. The van der Waals surface area contributed by atoms with E-state index in [0.29, 0.717) is 12.0 Å². The molecule has 5 heteroatoms. The van der Waals surface area contributed by atoms with E-state index in [2.05, 4.69) is 14.1 Å². The van der Waals surface area contributed by atoms with Gasteiger partial charge in [-0.05, 0) is 38.6 Å². The van der Waals surface area contributed by atoms with Gasteiger partial charge in [-0.25, -0.2) is 0 Å². The molecule has 4 nitrogen and oxygen atoms in total. The Balaban J connectivity index is 1.74. The Morgan fingerprint density at radius 3 is 3.00 bits per heavy atom. The lowest BCUT2D eigenvalue weighted by molar-refractivity contribution is -0.0980. The van der Waals surface area contributed by atoms with Crippen LogP contribution in [-0.4, -0.2) is 28.0 Å². The largest absolute Gasteiger partial charge is 0.375 e. The lowest BCUT2D eigenvalue weighted by Crippen LogP contribution is -2.41. The van der Waals surface area contributed by atoms with Gasteiger partial charge in [0.15, 0.2) is 0 Å². The molecule has 0 amide bonds. The number of ether oxygens (including phenoxy) is 1. The van der Waals surface area contributed by atoms with Crippen LogP contribution in [0.4, 0.5) is 0 Å². The standard InChI is InChI=1S/C13H21N3OS/c1-14-12(11-9-15-18-16-11)10-4-7-17-13(8-10)5-2-3-6-13/h9-10,12,14H,2-8H2,1H3. The van der Waals surface area contributed by atoms with Gasteiger partial charge in [-0.3, -0.25) is 0 Å². The molecule has 3 rings (SSSR count). The SMILES string of the molecule is CNC(c1cnsn1)C1CCOC2(CCCC2)C1. The molecule has 18 heavy (non-hydrogen) atoms. The maximum Gasteiger partial charge on any atom is 0.0915 e. The first kappa shape index (κ1) is 12.5. The molecular weight excluding hydrogens is 246 g/mol. The minimum absolute atomic E-state index is 0.182. The van der Waals surface area contributed by atoms with Crippen molar-refractivity contribution in [3.05, 3.63) is 11.9 Å². The summed E-state index contributed by atoms with van der Waals surface area (Å²) >= 11 is 1.30. The van der Waals surface area contributed by atoms with Crippen molar-refractivity contribution in [1.29, 1.82) is 0 Å². The normalized spacial score (nSPS) is 28.6. The van der Waals surface area contributed by atoms with Gasteiger partial charge in [-0.1, -0.05) is 12.8 Å². The average molecular weight is 267 g/mol. The quantitative estimate of drug-likeness (QED) is 0.914. The van der Waals surface area contributed by atoms with Gasteiger partial charge in [0.05, 0.1) is 35.3 Å². The second-order valence-corrected chi connectivity index (χ2v) is 6.15. The summed E-state index contributed by atoms with van der Waals surface area (Å²) in [5, 5.41) is 3.43. The van der Waals surface area contributed by atoms with Crippen LogP contribution in [0.15, 0.2) is 6.20 Å². The molecule has 100 valence electrons. The molecule has 1 aliphatic heterocycles. The summed E-state index contributed by atoms with van der Waals surface area (Å²) in [6.45, 7) is 0.903. The highest BCUT2D eigenvalue weighted by Crippen LogP contribution is 2.45. The molecule has 2 fully saturated rings. The van der Waals surface area contributed by atoms with Crippen molar-refractivity contribution >= 4 is 11.7 Å². The minimum Gasteiger partial charge on any atom is -0.375 e. The summed E-state index contributed by atoms with van der Waals surface area (Å²) in [5.41, 5.74) is 1.28. The Bertz CT molecular complexity index is 376. The van der Waals surface area contributed by atoms with Crippen molar-refractivity contribution in [2.75, 3.05) is 13.7 Å². The predicted octanol–water partition coefficient (Wildman–Crippen LogP) is 2.54. The van der Waals surface area contributed by atoms with E-state index in [9.17, 15) is 0 Å². The van der Waals surface area contributed by atoms with E-state index in [1.165, 1.54) is 43.8 Å². The highest BCUT2D eigenvalue weighted by atomic mass is 32.1. The lowest BCUT2D eigenvalue weighted by Gasteiger charge is -2.40. The van der Waals surface area contributed by atoms with Gasteiger partial charge in [0.1, 0.15) is 0 Å². The van der Waals surface area contributed by atoms with E-state index in [1.807, 2.05) is 13.2 Å². The summed E-state index contributed by atoms with van der Waals surface area (Å²) in [7, 11) is 2.03. The van der Waals surface area contributed by atoms with Crippen LogP contribution in [0.25, 0.3) is 0 Å². The third-order valence-electron chi connectivity index (χ3n) is 4.53. The maximum atomic E-state index is 6.11. The molecule has 0 aromatic carbocycles. The van der Waals surface area contributed by atoms with Gasteiger partial charge in [0, 0.05) is 6.61 Å². The van der Waals surface area contributed by atoms with Crippen molar-refractivity contribution < 1.29 is 4.74 Å². The van der Waals surface area contributed by atoms with Gasteiger partial charge in [-0.15, -0.1) is 0 Å². The first-order valence-electron chi connectivity index (χ1n) is 6.92. The molecule has 0 radical (unpaired) electrons. The first-order valence-corrected chi connectivity index (χ1v) is 7.65. The van der Waals surface area contributed by atoms with E-state index < -0.39 is 0 Å². The number of hydrogen-bond donors (Lipinski definition) is 1. The van der Waals surface area contributed by atoms with E-state index in [1.54, 1.807) is 0 Å². The Morgan fingerprint density at radius 2 is 2.33 bits per heavy atom. The fourth-order valence-corrected chi connectivity index (χ4v) is 4.11. The number of nitrogens with zero attached hydrogens (tertiary/aromatic N) is 2. The van der Waals surface area contributed by atoms with Crippen LogP contribution < -0.4 is 5.32 Å². The van der Waals surface area contributed by atoms with Gasteiger partial charge in [-0.2, -0.15) is 8.75 Å². The van der Waals surface area contributed by atoms with Gasteiger partial charge >= 0.3 is 0 Å². The topological polar surface area (TPSA) is 47.0 Å². The van der Waals surface area contributed by atoms with Crippen LogP contribution in [-0.2, 0) is 4.74 Å².